The maximum Gasteiger partial charge on any atom is 0.116 e. The monoisotopic (exact) mass is 237 g/mol. The minimum atomic E-state index is -1.33. The molecule has 0 aromatic heterocycles. The predicted octanol–water partition coefficient (Wildman–Crippen LogP) is -0.0234. The van der Waals surface area contributed by atoms with Gasteiger partial charge in [-0.1, -0.05) is 30.3 Å². The molecule has 1 aromatic carbocycles. The largest absolute Gasteiger partial charge is 0.393 e. The van der Waals surface area contributed by atoms with Gasteiger partial charge in [-0.15, -0.1) is 0 Å². The Bertz CT molecular complexity index is 357. The molecule has 0 radical (unpaired) electrons. The van der Waals surface area contributed by atoms with Gasteiger partial charge < -0.3 is 15.3 Å². The fraction of sp³-hybridized carbons (Fsp3) is 0.538. The molecule has 1 aromatic rings. The van der Waals surface area contributed by atoms with Crippen LogP contribution in [0, 0.1) is 0 Å². The molecule has 1 saturated heterocycles. The highest BCUT2D eigenvalue weighted by Gasteiger charge is 2.39. The third-order valence-corrected chi connectivity index (χ3v) is 3.44. The molecule has 17 heavy (non-hydrogen) atoms. The smallest absolute Gasteiger partial charge is 0.116 e. The quantitative estimate of drug-likeness (QED) is 0.691. The third-order valence-electron chi connectivity index (χ3n) is 3.44. The zero-order chi connectivity index (χ0) is 12.3. The summed E-state index contributed by atoms with van der Waals surface area (Å²) in [4.78, 5) is 2.09. The first-order valence-electron chi connectivity index (χ1n) is 5.91. The molecule has 1 heterocycles. The van der Waals surface area contributed by atoms with Crippen LogP contribution in [0.1, 0.15) is 12.0 Å². The Morgan fingerprint density at radius 2 is 2.00 bits per heavy atom. The number of β-amino-alcohol motifs (C(OH)–C–C–N with tert-alkyl or cyclic N) is 1. The average Bonchev–Trinajstić information content (AvgIpc) is 2.35. The van der Waals surface area contributed by atoms with E-state index in [0.717, 1.165) is 6.54 Å². The number of aliphatic hydroxyl groups is 3. The second-order valence-electron chi connectivity index (χ2n) is 4.75. The molecule has 1 aliphatic heterocycles. The first-order chi connectivity index (χ1) is 8.14. The molecule has 94 valence electrons. The average molecular weight is 237 g/mol. The number of hydrogen-bond acceptors (Lipinski definition) is 4. The molecule has 0 bridgehead atoms. The van der Waals surface area contributed by atoms with Crippen molar-refractivity contribution in [2.45, 2.75) is 24.7 Å². The molecular weight excluding hydrogens is 218 g/mol. The first-order valence-corrected chi connectivity index (χ1v) is 5.91. The minimum absolute atomic E-state index is 0.382. The van der Waals surface area contributed by atoms with Crippen molar-refractivity contribution >= 4 is 0 Å². The van der Waals surface area contributed by atoms with Gasteiger partial charge in [-0.2, -0.15) is 0 Å². The van der Waals surface area contributed by atoms with Crippen LogP contribution in [0.5, 0.6) is 0 Å². The van der Waals surface area contributed by atoms with Crippen LogP contribution < -0.4 is 0 Å². The summed E-state index contributed by atoms with van der Waals surface area (Å²) in [6, 6.07) is 10.0. The zero-order valence-electron chi connectivity index (χ0n) is 9.79. The normalized spacial score (nSPS) is 30.4. The van der Waals surface area contributed by atoms with Crippen molar-refractivity contribution in [3.63, 3.8) is 0 Å². The molecule has 0 spiro atoms. The van der Waals surface area contributed by atoms with Gasteiger partial charge in [0, 0.05) is 19.6 Å². The van der Waals surface area contributed by atoms with Gasteiger partial charge in [-0.05, 0) is 12.0 Å². The Morgan fingerprint density at radius 3 is 2.59 bits per heavy atom. The molecule has 0 amide bonds. The summed E-state index contributed by atoms with van der Waals surface area (Å²) in [6.45, 7) is 1.46. The van der Waals surface area contributed by atoms with Gasteiger partial charge in [0.25, 0.3) is 0 Å². The first kappa shape index (κ1) is 12.5. The zero-order valence-corrected chi connectivity index (χ0v) is 9.79. The molecular formula is C13H19NO3. The van der Waals surface area contributed by atoms with E-state index in [0.29, 0.717) is 19.5 Å². The minimum Gasteiger partial charge on any atom is -0.393 e. The van der Waals surface area contributed by atoms with Gasteiger partial charge in [0.2, 0.25) is 0 Å². The summed E-state index contributed by atoms with van der Waals surface area (Å²) >= 11 is 0. The molecule has 4 heteroatoms. The second kappa shape index (κ2) is 5.14. The van der Waals surface area contributed by atoms with E-state index in [4.69, 9.17) is 5.11 Å². The van der Waals surface area contributed by atoms with Crippen LogP contribution in [0.2, 0.25) is 0 Å². The number of rotatable bonds is 3. The van der Waals surface area contributed by atoms with Gasteiger partial charge in [0.05, 0.1) is 12.7 Å². The van der Waals surface area contributed by atoms with Crippen LogP contribution in [0.4, 0.5) is 0 Å². The van der Waals surface area contributed by atoms with Gasteiger partial charge in [0.15, 0.2) is 0 Å². The maximum absolute atomic E-state index is 9.91. The van der Waals surface area contributed by atoms with Gasteiger partial charge >= 0.3 is 0 Å². The third kappa shape index (κ3) is 2.84. The Hall–Kier alpha value is -0.940. The number of nitrogens with zero attached hydrogens (tertiary/aromatic N) is 1. The van der Waals surface area contributed by atoms with Gasteiger partial charge in [-0.25, -0.2) is 0 Å². The van der Waals surface area contributed by atoms with Crippen LogP contribution in [-0.4, -0.2) is 51.6 Å². The summed E-state index contributed by atoms with van der Waals surface area (Å²) in [5.41, 5.74) is -0.137. The second-order valence-corrected chi connectivity index (χ2v) is 4.75. The molecule has 3 N–H and O–H groups in total. The lowest BCUT2D eigenvalue weighted by Crippen LogP contribution is -2.57. The fourth-order valence-electron chi connectivity index (χ4n) is 2.19. The van der Waals surface area contributed by atoms with E-state index in [1.165, 1.54) is 5.56 Å². The summed E-state index contributed by atoms with van der Waals surface area (Å²) in [5.74, 6) is 0. The molecule has 4 nitrogen and oxygen atoms in total. The molecule has 0 aliphatic carbocycles. The lowest BCUT2D eigenvalue weighted by molar-refractivity contribution is -0.142. The SMILES string of the molecule is OCC1(O)CCN(Cc2ccccc2)CC1O. The fourth-order valence-corrected chi connectivity index (χ4v) is 2.19. The van der Waals surface area contributed by atoms with E-state index in [-0.39, 0.29) is 6.61 Å². The van der Waals surface area contributed by atoms with E-state index in [1.54, 1.807) is 0 Å². The van der Waals surface area contributed by atoms with E-state index in [2.05, 4.69) is 4.90 Å². The van der Waals surface area contributed by atoms with Crippen molar-refractivity contribution < 1.29 is 15.3 Å². The highest BCUT2D eigenvalue weighted by molar-refractivity contribution is 5.14. The maximum atomic E-state index is 9.91. The predicted molar refractivity (Wildman–Crippen MR) is 64.4 cm³/mol. The summed E-state index contributed by atoms with van der Waals surface area (Å²) in [7, 11) is 0. The van der Waals surface area contributed by atoms with Gasteiger partial charge in [-0.3, -0.25) is 4.90 Å². The molecule has 2 atom stereocenters. The Kier molecular flexibility index (Phi) is 3.79. The number of hydrogen-bond donors (Lipinski definition) is 3. The Balaban J connectivity index is 1.94. The van der Waals surface area contributed by atoms with Crippen molar-refractivity contribution in [3.8, 4) is 0 Å². The van der Waals surface area contributed by atoms with E-state index in [1.807, 2.05) is 30.3 Å². The molecule has 2 rings (SSSR count). The van der Waals surface area contributed by atoms with Crippen LogP contribution in [0.15, 0.2) is 30.3 Å². The Morgan fingerprint density at radius 1 is 1.29 bits per heavy atom. The highest BCUT2D eigenvalue weighted by Crippen LogP contribution is 2.23. The molecule has 1 fully saturated rings. The number of likely N-dealkylation sites (tertiary alicyclic amines) is 1. The number of benzene rings is 1. The lowest BCUT2D eigenvalue weighted by atomic mass is 9.89. The standard InChI is InChI=1S/C13H19NO3/c15-10-13(17)6-7-14(9-12(13)16)8-11-4-2-1-3-5-11/h1-5,12,15-17H,6-10H2. The summed E-state index contributed by atoms with van der Waals surface area (Å²) < 4.78 is 0. The van der Waals surface area contributed by atoms with Crippen LogP contribution in [0.3, 0.4) is 0 Å². The van der Waals surface area contributed by atoms with Crippen molar-refractivity contribution in [2.24, 2.45) is 0 Å². The molecule has 0 saturated carbocycles. The van der Waals surface area contributed by atoms with Crippen molar-refractivity contribution in [2.75, 3.05) is 19.7 Å². The van der Waals surface area contributed by atoms with E-state index >= 15 is 0 Å². The topological polar surface area (TPSA) is 63.9 Å². The van der Waals surface area contributed by atoms with E-state index < -0.39 is 11.7 Å². The van der Waals surface area contributed by atoms with Crippen molar-refractivity contribution in [1.29, 1.82) is 0 Å². The molecule has 1 aliphatic rings. The van der Waals surface area contributed by atoms with E-state index in [9.17, 15) is 10.2 Å². The van der Waals surface area contributed by atoms with Crippen molar-refractivity contribution in [3.05, 3.63) is 35.9 Å². The lowest BCUT2D eigenvalue weighted by Gasteiger charge is -2.41. The van der Waals surface area contributed by atoms with Gasteiger partial charge in [0.1, 0.15) is 5.60 Å². The highest BCUT2D eigenvalue weighted by atomic mass is 16.4. The number of aliphatic hydroxyl groups excluding tert-OH is 2. The van der Waals surface area contributed by atoms with Crippen LogP contribution in [-0.2, 0) is 6.54 Å². The molecule has 2 unspecified atom stereocenters. The Labute approximate surface area is 101 Å². The number of piperidine rings is 1. The summed E-state index contributed by atoms with van der Waals surface area (Å²) in [5, 5.41) is 28.8. The van der Waals surface area contributed by atoms with Crippen LogP contribution in [0.25, 0.3) is 0 Å². The van der Waals surface area contributed by atoms with Crippen LogP contribution >= 0.6 is 0 Å². The van der Waals surface area contributed by atoms with Crippen molar-refractivity contribution in [1.82, 2.24) is 4.90 Å². The summed E-state index contributed by atoms with van der Waals surface area (Å²) in [6.07, 6.45) is -0.484.